The Morgan fingerprint density at radius 1 is 1.28 bits per heavy atom. The first kappa shape index (κ1) is 23.4. The van der Waals surface area contributed by atoms with Gasteiger partial charge in [-0.15, -0.1) is 6.58 Å². The number of carbonyl (C=O) groups is 2. The fraction of sp³-hybridized carbons (Fsp3) is 0.692. The molecule has 32 heavy (non-hydrogen) atoms. The van der Waals surface area contributed by atoms with Gasteiger partial charge in [0.25, 0.3) is 0 Å². The van der Waals surface area contributed by atoms with Crippen molar-refractivity contribution in [3.63, 3.8) is 0 Å². The first-order chi connectivity index (χ1) is 15.2. The van der Waals surface area contributed by atoms with Crippen LogP contribution in [0.3, 0.4) is 0 Å². The molecule has 2 fully saturated rings. The lowest BCUT2D eigenvalue weighted by Crippen LogP contribution is -2.53. The average Bonchev–Trinajstić information content (AvgIpc) is 2.95. The number of cyclic esters (lactones) is 1. The molecule has 0 amide bonds. The van der Waals surface area contributed by atoms with Gasteiger partial charge in [-0.05, 0) is 38.2 Å². The molecule has 176 valence electrons. The lowest BCUT2D eigenvalue weighted by atomic mass is 9.56. The third kappa shape index (κ3) is 3.34. The molecule has 6 nitrogen and oxygen atoms in total. The van der Waals surface area contributed by atoms with Crippen LogP contribution >= 0.6 is 0 Å². The smallest absolute Gasteiger partial charge is 0.335 e. The van der Waals surface area contributed by atoms with E-state index < -0.39 is 29.9 Å². The van der Waals surface area contributed by atoms with Gasteiger partial charge in [0.2, 0.25) is 0 Å². The standard InChI is InChI=1S/C26H36O6/c1-7-8-18-15(4)23(28)21-19-10-9-17-12-20(30-6)25(29)31-16(5)22(27)13(2)11-14(3)26(17,21)32-24(18)19/h7,9-11,13,15-22,24,27H,1,8,12H2,2-6H3/t13-,15-,16-,17-,18-,19-,20+,21+,22+,24+,26+/m1/s1. The minimum absolute atomic E-state index is 0.000442. The maximum absolute atomic E-state index is 13.8. The molecule has 0 aromatic rings. The van der Waals surface area contributed by atoms with Gasteiger partial charge < -0.3 is 19.3 Å². The molecule has 11 atom stereocenters. The van der Waals surface area contributed by atoms with Crippen LogP contribution in [0.4, 0.5) is 0 Å². The predicted octanol–water partition coefficient (Wildman–Crippen LogP) is 3.25. The Labute approximate surface area is 190 Å². The van der Waals surface area contributed by atoms with E-state index in [-0.39, 0.29) is 47.4 Å². The van der Waals surface area contributed by atoms with Crippen LogP contribution in [0.2, 0.25) is 0 Å². The van der Waals surface area contributed by atoms with E-state index in [4.69, 9.17) is 14.2 Å². The van der Waals surface area contributed by atoms with Gasteiger partial charge in [-0.2, -0.15) is 0 Å². The topological polar surface area (TPSA) is 82.1 Å². The molecule has 0 aromatic heterocycles. The highest BCUT2D eigenvalue weighted by molar-refractivity contribution is 5.88. The molecule has 1 saturated carbocycles. The largest absolute Gasteiger partial charge is 0.458 e. The second-order valence-corrected chi connectivity index (χ2v) is 10.1. The molecule has 2 aliphatic heterocycles. The number of hydrogen-bond donors (Lipinski definition) is 1. The van der Waals surface area contributed by atoms with Crippen LogP contribution in [0.15, 0.2) is 36.5 Å². The first-order valence-corrected chi connectivity index (χ1v) is 11.8. The molecule has 1 N–H and O–H groups in total. The van der Waals surface area contributed by atoms with Crippen LogP contribution in [0.5, 0.6) is 0 Å². The fourth-order valence-corrected chi connectivity index (χ4v) is 6.66. The Hall–Kier alpha value is -1.76. The number of aliphatic hydroxyl groups is 1. The summed E-state index contributed by atoms with van der Waals surface area (Å²) in [7, 11) is 1.49. The molecule has 1 saturated heterocycles. The molecular weight excluding hydrogens is 408 g/mol. The number of ether oxygens (including phenoxy) is 3. The third-order valence-corrected chi connectivity index (χ3v) is 8.40. The maximum atomic E-state index is 13.8. The zero-order chi connectivity index (χ0) is 23.4. The molecule has 4 rings (SSSR count). The summed E-state index contributed by atoms with van der Waals surface area (Å²) in [6, 6.07) is 0. The number of Topliss-reactive ketones (excluding diaryl/α,β-unsaturated/α-hetero) is 1. The highest BCUT2D eigenvalue weighted by Crippen LogP contribution is 2.61. The molecule has 4 aliphatic rings. The van der Waals surface area contributed by atoms with Crippen LogP contribution in [-0.4, -0.2) is 54.0 Å². The van der Waals surface area contributed by atoms with Gasteiger partial charge in [0.1, 0.15) is 17.5 Å². The molecule has 0 unspecified atom stereocenters. The highest BCUT2D eigenvalue weighted by atomic mass is 16.6. The second-order valence-electron chi connectivity index (χ2n) is 10.1. The van der Waals surface area contributed by atoms with E-state index in [1.807, 2.05) is 32.9 Å². The van der Waals surface area contributed by atoms with Crippen molar-refractivity contribution in [3.8, 4) is 0 Å². The van der Waals surface area contributed by atoms with Crippen LogP contribution < -0.4 is 0 Å². The Kier molecular flexibility index (Phi) is 6.25. The molecular formula is C26H36O6. The Balaban J connectivity index is 1.87. The minimum atomic E-state index is -0.877. The lowest BCUT2D eigenvalue weighted by molar-refractivity contribution is -0.168. The SMILES string of the molecule is C=CC[C@H]1[C@@H]2O[C@@]34C(C)=C[C@@H](C)[C@H](O)[C@@H](C)OC(=O)[C@@H](OC)C[C@H]3C=C[C@@H]2[C@H]4C(=O)[C@@H]1C. The Morgan fingerprint density at radius 2 is 2.00 bits per heavy atom. The van der Waals surface area contributed by atoms with Gasteiger partial charge in [0, 0.05) is 30.8 Å². The number of aliphatic hydroxyl groups excluding tert-OH is 1. The van der Waals surface area contributed by atoms with Crippen LogP contribution in [0.1, 0.15) is 40.5 Å². The van der Waals surface area contributed by atoms with Gasteiger partial charge in [0.15, 0.2) is 6.10 Å². The number of rotatable bonds is 3. The van der Waals surface area contributed by atoms with E-state index in [9.17, 15) is 14.7 Å². The zero-order valence-electron chi connectivity index (χ0n) is 19.7. The van der Waals surface area contributed by atoms with Crippen LogP contribution in [0.25, 0.3) is 0 Å². The number of methoxy groups -OCH3 is 1. The summed E-state index contributed by atoms with van der Waals surface area (Å²) < 4.78 is 18.0. The summed E-state index contributed by atoms with van der Waals surface area (Å²) in [6.07, 6.45) is 6.71. The van der Waals surface area contributed by atoms with E-state index in [0.29, 0.717) is 6.42 Å². The van der Waals surface area contributed by atoms with Crippen molar-refractivity contribution in [1.29, 1.82) is 0 Å². The average molecular weight is 445 g/mol. The van der Waals surface area contributed by atoms with Gasteiger partial charge in [-0.1, -0.05) is 38.2 Å². The zero-order valence-corrected chi connectivity index (χ0v) is 19.7. The number of esters is 1. The summed E-state index contributed by atoms with van der Waals surface area (Å²) >= 11 is 0. The van der Waals surface area contributed by atoms with Gasteiger partial charge in [0.05, 0.1) is 18.1 Å². The normalized spacial score (nSPS) is 48.4. The molecule has 4 bridgehead atoms. The number of carbonyl (C=O) groups excluding carboxylic acids is 2. The summed E-state index contributed by atoms with van der Waals surface area (Å²) in [6.45, 7) is 11.5. The monoisotopic (exact) mass is 444 g/mol. The van der Waals surface area contributed by atoms with Crippen molar-refractivity contribution in [1.82, 2.24) is 0 Å². The summed E-state index contributed by atoms with van der Waals surface area (Å²) in [5.41, 5.74) is 0.0800. The summed E-state index contributed by atoms with van der Waals surface area (Å²) in [4.78, 5) is 26.6. The fourth-order valence-electron chi connectivity index (χ4n) is 6.66. The maximum Gasteiger partial charge on any atom is 0.335 e. The highest BCUT2D eigenvalue weighted by Gasteiger charge is 2.68. The summed E-state index contributed by atoms with van der Waals surface area (Å²) in [5, 5.41) is 10.8. The molecule has 2 aliphatic carbocycles. The van der Waals surface area contributed by atoms with Gasteiger partial charge in [-0.25, -0.2) is 4.79 Å². The molecule has 0 radical (unpaired) electrons. The van der Waals surface area contributed by atoms with E-state index >= 15 is 0 Å². The first-order valence-electron chi connectivity index (χ1n) is 11.8. The van der Waals surface area contributed by atoms with E-state index in [1.165, 1.54) is 7.11 Å². The minimum Gasteiger partial charge on any atom is -0.458 e. The number of hydrogen-bond acceptors (Lipinski definition) is 6. The third-order valence-electron chi connectivity index (χ3n) is 8.40. The van der Waals surface area contributed by atoms with Gasteiger partial charge >= 0.3 is 5.97 Å². The second kappa shape index (κ2) is 8.54. The van der Waals surface area contributed by atoms with E-state index in [0.717, 1.165) is 12.0 Å². The van der Waals surface area contributed by atoms with Crippen molar-refractivity contribution in [2.45, 2.75) is 70.6 Å². The van der Waals surface area contributed by atoms with E-state index in [2.05, 4.69) is 18.7 Å². The van der Waals surface area contributed by atoms with Crippen molar-refractivity contribution < 1.29 is 28.9 Å². The summed E-state index contributed by atoms with van der Waals surface area (Å²) in [5.74, 6) is -1.15. The molecule has 1 spiro atoms. The Morgan fingerprint density at radius 3 is 2.66 bits per heavy atom. The van der Waals surface area contributed by atoms with Crippen LogP contribution in [0, 0.1) is 35.5 Å². The van der Waals surface area contributed by atoms with Gasteiger partial charge in [-0.3, -0.25) is 4.79 Å². The Bertz CT molecular complexity index is 845. The van der Waals surface area contributed by atoms with E-state index in [1.54, 1.807) is 6.92 Å². The van der Waals surface area contributed by atoms with Crippen molar-refractivity contribution in [2.24, 2.45) is 35.5 Å². The predicted molar refractivity (Wildman–Crippen MR) is 120 cm³/mol. The van der Waals surface area contributed by atoms with Crippen LogP contribution in [-0.2, 0) is 23.8 Å². The number of ketones is 1. The molecule has 2 heterocycles. The lowest BCUT2D eigenvalue weighted by Gasteiger charge is -2.45. The van der Waals surface area contributed by atoms with Crippen molar-refractivity contribution in [3.05, 3.63) is 36.5 Å². The molecule has 0 aromatic carbocycles. The van der Waals surface area contributed by atoms with Crippen molar-refractivity contribution >= 4 is 11.8 Å². The molecule has 6 heteroatoms. The quantitative estimate of drug-likeness (QED) is 0.532. The number of allylic oxidation sites excluding steroid dienone is 1. The van der Waals surface area contributed by atoms with Crippen molar-refractivity contribution in [2.75, 3.05) is 7.11 Å².